The van der Waals surface area contributed by atoms with Gasteiger partial charge in [0, 0.05) is 10.0 Å². The first kappa shape index (κ1) is 21.3. The van der Waals surface area contributed by atoms with Crippen LogP contribution in [0.1, 0.15) is 6.92 Å². The van der Waals surface area contributed by atoms with E-state index in [0.29, 0.717) is 43.8 Å². The molecule has 1 unspecified atom stereocenters. The summed E-state index contributed by atoms with van der Waals surface area (Å²) in [7, 11) is 3.09. The minimum atomic E-state index is -0.469. The molecule has 1 aromatic heterocycles. The Kier molecular flexibility index (Phi) is 6.89. The number of halogens is 2. The van der Waals surface area contributed by atoms with E-state index in [1.165, 1.54) is 18.9 Å². The van der Waals surface area contributed by atoms with E-state index in [2.05, 4.69) is 20.5 Å². The molecule has 7 nitrogen and oxygen atoms in total. The fourth-order valence-electron chi connectivity index (χ4n) is 2.51. The number of ether oxygens (including phenoxy) is 2. The van der Waals surface area contributed by atoms with Crippen LogP contribution in [-0.4, -0.2) is 40.6 Å². The van der Waals surface area contributed by atoms with Crippen molar-refractivity contribution in [3.8, 4) is 22.9 Å². The van der Waals surface area contributed by atoms with Crippen LogP contribution >= 0.6 is 35.0 Å². The maximum atomic E-state index is 12.6. The second kappa shape index (κ2) is 9.39. The molecule has 0 fully saturated rings. The summed E-state index contributed by atoms with van der Waals surface area (Å²) in [6.45, 7) is 1.76. The van der Waals surface area contributed by atoms with Gasteiger partial charge in [0.25, 0.3) is 0 Å². The van der Waals surface area contributed by atoms with Crippen molar-refractivity contribution in [1.82, 2.24) is 15.2 Å². The molecule has 2 aromatic carbocycles. The molecule has 0 spiro atoms. The second-order valence-corrected chi connectivity index (χ2v) is 8.09. The first-order chi connectivity index (χ1) is 13.9. The fraction of sp³-hybridized carbons (Fsp3) is 0.211. The van der Waals surface area contributed by atoms with E-state index in [4.69, 9.17) is 32.7 Å². The Morgan fingerprint density at radius 3 is 2.45 bits per heavy atom. The molecule has 3 rings (SSSR count). The zero-order valence-electron chi connectivity index (χ0n) is 15.8. The number of methoxy groups -OCH3 is 2. The SMILES string of the molecule is COc1ccc(Cl)cc1NC(=O)C(C)Sc1n[nH]c(-c2cc(Cl)ccc2OC)n1. The third-order valence-corrected chi connectivity index (χ3v) is 5.38. The Morgan fingerprint density at radius 2 is 1.76 bits per heavy atom. The standard InChI is InChI=1S/C19H18Cl2N4O3S/c1-10(18(26)22-14-9-12(21)5-7-16(14)28-3)29-19-23-17(24-25-19)13-8-11(20)4-6-15(13)27-2/h4-10H,1-3H3,(H,22,26)(H,23,24,25). The van der Waals surface area contributed by atoms with Crippen LogP contribution in [0.15, 0.2) is 41.6 Å². The minimum absolute atomic E-state index is 0.234. The lowest BCUT2D eigenvalue weighted by Crippen LogP contribution is -2.22. The number of nitrogens with one attached hydrogen (secondary N) is 2. The van der Waals surface area contributed by atoms with Gasteiger partial charge in [-0.25, -0.2) is 4.98 Å². The Balaban J connectivity index is 1.72. The van der Waals surface area contributed by atoms with Crippen LogP contribution in [0.25, 0.3) is 11.4 Å². The molecule has 1 heterocycles. The Bertz CT molecular complexity index is 1030. The number of nitrogens with zero attached hydrogens (tertiary/aromatic N) is 2. The smallest absolute Gasteiger partial charge is 0.237 e. The Hall–Kier alpha value is -2.42. The fourth-order valence-corrected chi connectivity index (χ4v) is 3.58. The van der Waals surface area contributed by atoms with Gasteiger partial charge < -0.3 is 14.8 Å². The predicted molar refractivity (Wildman–Crippen MR) is 115 cm³/mol. The molecule has 0 aliphatic rings. The third kappa shape index (κ3) is 5.14. The van der Waals surface area contributed by atoms with E-state index < -0.39 is 5.25 Å². The molecule has 10 heteroatoms. The molecule has 152 valence electrons. The molecular weight excluding hydrogens is 435 g/mol. The summed E-state index contributed by atoms with van der Waals surface area (Å²) in [4.78, 5) is 17.0. The number of benzene rings is 2. The zero-order valence-corrected chi connectivity index (χ0v) is 18.2. The summed E-state index contributed by atoms with van der Waals surface area (Å²) >= 11 is 13.3. The lowest BCUT2D eigenvalue weighted by molar-refractivity contribution is -0.115. The van der Waals surface area contributed by atoms with Crippen molar-refractivity contribution < 1.29 is 14.3 Å². The average Bonchev–Trinajstić information content (AvgIpc) is 3.16. The molecule has 0 saturated carbocycles. The topological polar surface area (TPSA) is 89.1 Å². The van der Waals surface area contributed by atoms with Gasteiger partial charge >= 0.3 is 0 Å². The number of thioether (sulfide) groups is 1. The second-order valence-electron chi connectivity index (χ2n) is 5.91. The highest BCUT2D eigenvalue weighted by atomic mass is 35.5. The van der Waals surface area contributed by atoms with Crippen LogP contribution in [0.3, 0.4) is 0 Å². The number of hydrogen-bond donors (Lipinski definition) is 2. The number of H-pyrrole nitrogens is 1. The molecule has 1 atom stereocenters. The van der Waals surface area contributed by atoms with E-state index >= 15 is 0 Å². The maximum absolute atomic E-state index is 12.6. The number of anilines is 1. The summed E-state index contributed by atoms with van der Waals surface area (Å²) in [6.07, 6.45) is 0. The molecule has 0 saturated heterocycles. The number of carbonyl (C=O) groups excluding carboxylic acids is 1. The highest BCUT2D eigenvalue weighted by Gasteiger charge is 2.20. The van der Waals surface area contributed by atoms with Crippen LogP contribution in [0.4, 0.5) is 5.69 Å². The van der Waals surface area contributed by atoms with Crippen LogP contribution in [0, 0.1) is 0 Å². The van der Waals surface area contributed by atoms with Gasteiger partial charge in [0.05, 0.1) is 30.7 Å². The van der Waals surface area contributed by atoms with Crippen molar-refractivity contribution in [2.24, 2.45) is 0 Å². The molecule has 0 aliphatic carbocycles. The number of carbonyl (C=O) groups is 1. The van der Waals surface area contributed by atoms with Gasteiger partial charge in [-0.15, -0.1) is 5.10 Å². The largest absolute Gasteiger partial charge is 0.496 e. The van der Waals surface area contributed by atoms with Crippen molar-refractivity contribution in [2.75, 3.05) is 19.5 Å². The first-order valence-corrected chi connectivity index (χ1v) is 10.1. The minimum Gasteiger partial charge on any atom is -0.496 e. The van der Waals surface area contributed by atoms with Gasteiger partial charge in [0.15, 0.2) is 5.82 Å². The summed E-state index contributed by atoms with van der Waals surface area (Å²) in [6, 6.07) is 10.2. The zero-order chi connectivity index (χ0) is 21.0. The molecule has 2 N–H and O–H groups in total. The average molecular weight is 453 g/mol. The molecule has 0 aliphatic heterocycles. The van der Waals surface area contributed by atoms with Crippen molar-refractivity contribution in [2.45, 2.75) is 17.3 Å². The normalized spacial score (nSPS) is 11.8. The van der Waals surface area contributed by atoms with Crippen molar-refractivity contribution >= 4 is 46.6 Å². The van der Waals surface area contributed by atoms with Gasteiger partial charge in [-0.2, -0.15) is 0 Å². The predicted octanol–water partition coefficient (Wildman–Crippen LogP) is 4.92. The summed E-state index contributed by atoms with van der Waals surface area (Å²) in [5, 5.41) is 10.8. The van der Waals surface area contributed by atoms with Crippen LogP contribution in [-0.2, 0) is 4.79 Å². The van der Waals surface area contributed by atoms with E-state index in [9.17, 15) is 4.79 Å². The molecular formula is C19H18Cl2N4O3S. The van der Waals surface area contributed by atoms with Crippen LogP contribution < -0.4 is 14.8 Å². The van der Waals surface area contributed by atoms with Gasteiger partial charge in [-0.3, -0.25) is 9.89 Å². The maximum Gasteiger partial charge on any atom is 0.237 e. The summed E-state index contributed by atoms with van der Waals surface area (Å²) in [5.41, 5.74) is 1.18. The number of aromatic nitrogens is 3. The third-order valence-electron chi connectivity index (χ3n) is 3.95. The summed E-state index contributed by atoms with van der Waals surface area (Å²) < 4.78 is 10.6. The number of aromatic amines is 1. The first-order valence-electron chi connectivity index (χ1n) is 8.48. The highest BCUT2D eigenvalue weighted by molar-refractivity contribution is 8.00. The molecule has 29 heavy (non-hydrogen) atoms. The van der Waals surface area contributed by atoms with Crippen molar-refractivity contribution in [3.63, 3.8) is 0 Å². The highest BCUT2D eigenvalue weighted by Crippen LogP contribution is 2.32. The van der Waals surface area contributed by atoms with Crippen molar-refractivity contribution in [3.05, 3.63) is 46.4 Å². The molecule has 3 aromatic rings. The number of hydrogen-bond acceptors (Lipinski definition) is 6. The van der Waals surface area contributed by atoms with E-state index in [-0.39, 0.29) is 5.91 Å². The Morgan fingerprint density at radius 1 is 1.10 bits per heavy atom. The van der Waals surface area contributed by atoms with E-state index in [0.717, 1.165) is 0 Å². The number of amides is 1. The van der Waals surface area contributed by atoms with Crippen molar-refractivity contribution in [1.29, 1.82) is 0 Å². The van der Waals surface area contributed by atoms with Gasteiger partial charge in [0.1, 0.15) is 11.5 Å². The van der Waals surface area contributed by atoms with Crippen LogP contribution in [0.2, 0.25) is 10.0 Å². The molecule has 0 radical (unpaired) electrons. The quantitative estimate of drug-likeness (QED) is 0.494. The monoisotopic (exact) mass is 452 g/mol. The number of rotatable bonds is 7. The van der Waals surface area contributed by atoms with Gasteiger partial charge in [0.2, 0.25) is 11.1 Å². The van der Waals surface area contributed by atoms with E-state index in [1.54, 1.807) is 50.4 Å². The summed E-state index contributed by atoms with van der Waals surface area (Å²) in [5.74, 6) is 1.40. The van der Waals surface area contributed by atoms with Gasteiger partial charge in [-0.1, -0.05) is 35.0 Å². The van der Waals surface area contributed by atoms with E-state index in [1.807, 2.05) is 0 Å². The van der Waals surface area contributed by atoms with Gasteiger partial charge in [-0.05, 0) is 43.3 Å². The lowest BCUT2D eigenvalue weighted by atomic mass is 10.2. The Labute approximate surface area is 182 Å². The lowest BCUT2D eigenvalue weighted by Gasteiger charge is -2.13. The molecule has 0 bridgehead atoms. The van der Waals surface area contributed by atoms with Crippen LogP contribution in [0.5, 0.6) is 11.5 Å². The molecule has 1 amide bonds.